The fourth-order valence-corrected chi connectivity index (χ4v) is 2.83. The van der Waals surface area contributed by atoms with Crippen molar-refractivity contribution in [3.63, 3.8) is 0 Å². The number of thioether (sulfide) groups is 1. The van der Waals surface area contributed by atoms with Gasteiger partial charge in [-0.2, -0.15) is 0 Å². The molecule has 116 valence electrons. The molecule has 0 saturated heterocycles. The zero-order valence-electron chi connectivity index (χ0n) is 12.8. The van der Waals surface area contributed by atoms with E-state index in [0.29, 0.717) is 5.75 Å². The highest BCUT2D eigenvalue weighted by Gasteiger charge is 2.13. The fraction of sp³-hybridized carbons (Fsp3) is 0.294. The molecule has 1 aromatic heterocycles. The lowest BCUT2D eigenvalue weighted by Gasteiger charge is -2.17. The zero-order valence-corrected chi connectivity index (χ0v) is 13.6. The van der Waals surface area contributed by atoms with Crippen LogP contribution in [0.15, 0.2) is 53.7 Å². The molecular weight excluding hydrogens is 296 g/mol. The lowest BCUT2D eigenvalue weighted by Crippen LogP contribution is -2.29. The minimum Gasteiger partial charge on any atom is -0.497 e. The first-order valence-corrected chi connectivity index (χ1v) is 8.17. The van der Waals surface area contributed by atoms with Crippen LogP contribution in [0, 0.1) is 0 Å². The molecule has 22 heavy (non-hydrogen) atoms. The van der Waals surface area contributed by atoms with Gasteiger partial charge >= 0.3 is 0 Å². The molecule has 0 aliphatic rings. The van der Waals surface area contributed by atoms with Crippen molar-refractivity contribution in [1.29, 1.82) is 0 Å². The van der Waals surface area contributed by atoms with Gasteiger partial charge in [-0.15, -0.1) is 11.8 Å². The van der Waals surface area contributed by atoms with Crippen LogP contribution in [0.2, 0.25) is 0 Å². The number of hydrogen-bond donors (Lipinski definition) is 1. The van der Waals surface area contributed by atoms with Crippen molar-refractivity contribution in [3.05, 3.63) is 54.4 Å². The number of hydrogen-bond acceptors (Lipinski definition) is 4. The van der Waals surface area contributed by atoms with Crippen LogP contribution >= 0.6 is 11.8 Å². The summed E-state index contributed by atoms with van der Waals surface area (Å²) in [5, 5.41) is 3.05. The molecule has 2 aromatic rings. The van der Waals surface area contributed by atoms with Gasteiger partial charge in [0.05, 0.1) is 18.9 Å². The number of nitrogens with zero attached hydrogens (tertiary/aromatic N) is 1. The zero-order chi connectivity index (χ0) is 15.8. The molecule has 5 heteroatoms. The standard InChI is InChI=1S/C17H20N2O2S/c1-3-16(13-6-5-9-18-11-13)19-17(20)12-22-15-8-4-7-14(10-15)21-2/h4-11,16H,3,12H2,1-2H3,(H,19,20). The summed E-state index contributed by atoms with van der Waals surface area (Å²) in [4.78, 5) is 17.3. The summed E-state index contributed by atoms with van der Waals surface area (Å²) in [5.74, 6) is 1.19. The van der Waals surface area contributed by atoms with E-state index in [1.165, 1.54) is 11.8 Å². The summed E-state index contributed by atoms with van der Waals surface area (Å²) in [6, 6.07) is 11.6. The Bertz CT molecular complexity index is 605. The number of benzene rings is 1. The quantitative estimate of drug-likeness (QED) is 0.795. The highest BCUT2D eigenvalue weighted by molar-refractivity contribution is 8.00. The van der Waals surface area contributed by atoms with Crippen LogP contribution < -0.4 is 10.1 Å². The van der Waals surface area contributed by atoms with Gasteiger partial charge in [0.2, 0.25) is 5.91 Å². The molecule has 0 radical (unpaired) electrons. The number of ether oxygens (including phenoxy) is 1. The maximum atomic E-state index is 12.1. The number of aromatic nitrogens is 1. The summed E-state index contributed by atoms with van der Waals surface area (Å²) in [6.07, 6.45) is 4.36. The van der Waals surface area contributed by atoms with E-state index in [2.05, 4.69) is 10.3 Å². The third-order valence-electron chi connectivity index (χ3n) is 3.24. The molecule has 2 rings (SSSR count). The Labute approximate surface area is 135 Å². The van der Waals surface area contributed by atoms with Crippen LogP contribution in [0.1, 0.15) is 24.9 Å². The Morgan fingerprint density at radius 2 is 2.23 bits per heavy atom. The maximum absolute atomic E-state index is 12.1. The van der Waals surface area contributed by atoms with E-state index in [9.17, 15) is 4.79 Å². The summed E-state index contributed by atoms with van der Waals surface area (Å²) < 4.78 is 5.18. The summed E-state index contributed by atoms with van der Waals surface area (Å²) in [5.41, 5.74) is 1.03. The first-order chi connectivity index (χ1) is 10.7. The monoisotopic (exact) mass is 316 g/mol. The second-order valence-corrected chi connectivity index (χ2v) is 5.83. The normalized spacial score (nSPS) is 11.7. The Morgan fingerprint density at radius 1 is 1.36 bits per heavy atom. The molecule has 0 spiro atoms. The Balaban J connectivity index is 1.89. The summed E-state index contributed by atoms with van der Waals surface area (Å²) >= 11 is 1.50. The van der Waals surface area contributed by atoms with Gasteiger partial charge in [0.1, 0.15) is 5.75 Å². The van der Waals surface area contributed by atoms with E-state index in [0.717, 1.165) is 22.6 Å². The molecule has 1 unspecified atom stereocenters. The van der Waals surface area contributed by atoms with E-state index >= 15 is 0 Å². The molecule has 0 fully saturated rings. The van der Waals surface area contributed by atoms with Crippen molar-refractivity contribution in [3.8, 4) is 5.75 Å². The molecule has 1 amide bonds. The molecule has 0 aliphatic carbocycles. The SMILES string of the molecule is CCC(NC(=O)CSc1cccc(OC)c1)c1cccnc1. The first-order valence-electron chi connectivity index (χ1n) is 7.19. The smallest absolute Gasteiger partial charge is 0.230 e. The predicted octanol–water partition coefficient (Wildman–Crippen LogP) is 3.45. The Kier molecular flexibility index (Phi) is 6.27. The summed E-state index contributed by atoms with van der Waals surface area (Å²) in [7, 11) is 1.64. The predicted molar refractivity (Wildman–Crippen MR) is 89.1 cm³/mol. The van der Waals surface area contributed by atoms with Gasteiger partial charge in [-0.25, -0.2) is 0 Å². The second-order valence-electron chi connectivity index (χ2n) is 4.78. The Hall–Kier alpha value is -2.01. The number of methoxy groups -OCH3 is 1. The molecule has 1 aromatic carbocycles. The number of carbonyl (C=O) groups is 1. The molecular formula is C17H20N2O2S. The molecule has 0 bridgehead atoms. The third kappa shape index (κ3) is 4.77. The number of carbonyl (C=O) groups excluding carboxylic acids is 1. The van der Waals surface area contributed by atoms with Crippen molar-refractivity contribution < 1.29 is 9.53 Å². The molecule has 0 aliphatic heterocycles. The van der Waals surface area contributed by atoms with Crippen molar-refractivity contribution in [1.82, 2.24) is 10.3 Å². The van der Waals surface area contributed by atoms with Crippen molar-refractivity contribution >= 4 is 17.7 Å². The highest BCUT2D eigenvalue weighted by Crippen LogP contribution is 2.23. The summed E-state index contributed by atoms with van der Waals surface area (Å²) in [6.45, 7) is 2.05. The average Bonchev–Trinajstić information content (AvgIpc) is 2.58. The number of pyridine rings is 1. The van der Waals surface area contributed by atoms with Gasteiger partial charge in [-0.05, 0) is 36.2 Å². The van der Waals surface area contributed by atoms with Crippen LogP contribution in [0.4, 0.5) is 0 Å². The van der Waals surface area contributed by atoms with Crippen LogP contribution in [-0.4, -0.2) is 23.8 Å². The molecule has 0 saturated carbocycles. The van der Waals surface area contributed by atoms with E-state index in [1.807, 2.05) is 43.3 Å². The van der Waals surface area contributed by atoms with E-state index in [-0.39, 0.29) is 11.9 Å². The Morgan fingerprint density at radius 3 is 2.91 bits per heavy atom. The van der Waals surface area contributed by atoms with Crippen LogP contribution in [0.3, 0.4) is 0 Å². The highest BCUT2D eigenvalue weighted by atomic mass is 32.2. The minimum absolute atomic E-state index is 0.00658. The third-order valence-corrected chi connectivity index (χ3v) is 4.24. The van der Waals surface area contributed by atoms with Gasteiger partial charge < -0.3 is 10.1 Å². The van der Waals surface area contributed by atoms with E-state index in [1.54, 1.807) is 19.5 Å². The first kappa shape index (κ1) is 16.4. The minimum atomic E-state index is 0.00658. The number of rotatable bonds is 7. The van der Waals surface area contributed by atoms with Gasteiger partial charge in [0.15, 0.2) is 0 Å². The van der Waals surface area contributed by atoms with E-state index in [4.69, 9.17) is 4.74 Å². The average molecular weight is 316 g/mol. The number of amides is 1. The van der Waals surface area contributed by atoms with Crippen molar-refractivity contribution in [2.45, 2.75) is 24.3 Å². The molecule has 4 nitrogen and oxygen atoms in total. The topological polar surface area (TPSA) is 51.2 Å². The molecule has 1 heterocycles. The van der Waals surface area contributed by atoms with Crippen LogP contribution in [0.25, 0.3) is 0 Å². The lowest BCUT2D eigenvalue weighted by atomic mass is 10.1. The van der Waals surface area contributed by atoms with Crippen LogP contribution in [0.5, 0.6) is 5.75 Å². The maximum Gasteiger partial charge on any atom is 0.230 e. The lowest BCUT2D eigenvalue weighted by molar-refractivity contribution is -0.119. The van der Waals surface area contributed by atoms with Gasteiger partial charge in [0.25, 0.3) is 0 Å². The second kappa shape index (κ2) is 8.44. The number of nitrogens with one attached hydrogen (secondary N) is 1. The van der Waals surface area contributed by atoms with Gasteiger partial charge in [-0.3, -0.25) is 9.78 Å². The van der Waals surface area contributed by atoms with Gasteiger partial charge in [0, 0.05) is 17.3 Å². The largest absolute Gasteiger partial charge is 0.497 e. The molecule has 1 N–H and O–H groups in total. The fourth-order valence-electron chi connectivity index (χ4n) is 2.08. The van der Waals surface area contributed by atoms with Crippen molar-refractivity contribution in [2.24, 2.45) is 0 Å². The molecule has 1 atom stereocenters. The van der Waals surface area contributed by atoms with Crippen molar-refractivity contribution in [2.75, 3.05) is 12.9 Å². The van der Waals surface area contributed by atoms with Crippen LogP contribution in [-0.2, 0) is 4.79 Å². The van der Waals surface area contributed by atoms with E-state index < -0.39 is 0 Å². The van der Waals surface area contributed by atoms with Gasteiger partial charge in [-0.1, -0.05) is 19.1 Å².